The molecule has 0 saturated carbocycles. The molecule has 0 spiro atoms. The van der Waals surface area contributed by atoms with Crippen LogP contribution in [0.4, 0.5) is 5.82 Å². The van der Waals surface area contributed by atoms with Crippen LogP contribution in [0.15, 0.2) is 22.7 Å². The molecule has 1 unspecified atom stereocenters. The van der Waals surface area contributed by atoms with E-state index in [4.69, 9.17) is 10.2 Å². The standard InChI is InChI=1S/C12H16N4O2/c1-7-4-5-10(18-7)8(2)15-12(17)9-6-14-16(3)11(9)13/h4-6,8H,13H2,1-3H3,(H,15,17). The van der Waals surface area contributed by atoms with E-state index >= 15 is 0 Å². The lowest BCUT2D eigenvalue weighted by Gasteiger charge is -2.11. The van der Waals surface area contributed by atoms with Crippen LogP contribution in [0.5, 0.6) is 0 Å². The lowest BCUT2D eigenvalue weighted by atomic mass is 10.2. The molecular weight excluding hydrogens is 232 g/mol. The maximum absolute atomic E-state index is 12.0. The molecular formula is C12H16N4O2. The third-order valence-electron chi connectivity index (χ3n) is 2.76. The highest BCUT2D eigenvalue weighted by Crippen LogP contribution is 2.17. The van der Waals surface area contributed by atoms with Gasteiger partial charge in [-0.15, -0.1) is 0 Å². The van der Waals surface area contributed by atoms with Crippen LogP contribution in [0.2, 0.25) is 0 Å². The van der Waals surface area contributed by atoms with Crippen LogP contribution in [0.25, 0.3) is 0 Å². The molecule has 0 bridgehead atoms. The van der Waals surface area contributed by atoms with E-state index in [0.29, 0.717) is 17.1 Å². The first kappa shape index (κ1) is 12.2. The SMILES string of the molecule is Cc1ccc(C(C)NC(=O)c2cnn(C)c2N)o1. The molecule has 18 heavy (non-hydrogen) atoms. The molecule has 2 aromatic heterocycles. The zero-order chi connectivity index (χ0) is 13.3. The Morgan fingerprint density at radius 2 is 2.28 bits per heavy atom. The van der Waals surface area contributed by atoms with E-state index in [1.807, 2.05) is 26.0 Å². The summed E-state index contributed by atoms with van der Waals surface area (Å²) in [6, 6.07) is 3.48. The molecule has 1 amide bonds. The van der Waals surface area contributed by atoms with Gasteiger partial charge < -0.3 is 15.5 Å². The number of carbonyl (C=O) groups excluding carboxylic acids is 1. The fraction of sp³-hybridized carbons (Fsp3) is 0.333. The van der Waals surface area contributed by atoms with Crippen LogP contribution < -0.4 is 11.1 Å². The number of aryl methyl sites for hydroxylation is 2. The average molecular weight is 248 g/mol. The van der Waals surface area contributed by atoms with Gasteiger partial charge in [0, 0.05) is 7.05 Å². The van der Waals surface area contributed by atoms with E-state index in [1.54, 1.807) is 7.05 Å². The number of nitrogen functional groups attached to an aromatic ring is 1. The summed E-state index contributed by atoms with van der Waals surface area (Å²) >= 11 is 0. The second-order valence-corrected chi connectivity index (χ2v) is 4.21. The van der Waals surface area contributed by atoms with Crippen LogP contribution in [-0.2, 0) is 7.05 Å². The maximum Gasteiger partial charge on any atom is 0.257 e. The number of carbonyl (C=O) groups is 1. The topological polar surface area (TPSA) is 86.1 Å². The number of anilines is 1. The van der Waals surface area contributed by atoms with Crippen LogP contribution in [-0.4, -0.2) is 15.7 Å². The number of furan rings is 1. The molecule has 3 N–H and O–H groups in total. The van der Waals surface area contributed by atoms with Gasteiger partial charge in [-0.3, -0.25) is 9.48 Å². The molecule has 0 radical (unpaired) electrons. The normalized spacial score (nSPS) is 12.4. The van der Waals surface area contributed by atoms with Crippen LogP contribution in [0, 0.1) is 6.92 Å². The van der Waals surface area contributed by atoms with Gasteiger partial charge in [0.1, 0.15) is 22.9 Å². The van der Waals surface area contributed by atoms with Gasteiger partial charge in [0.25, 0.3) is 5.91 Å². The average Bonchev–Trinajstić information content (AvgIpc) is 2.87. The minimum atomic E-state index is -0.262. The van der Waals surface area contributed by atoms with Crippen LogP contribution in [0.3, 0.4) is 0 Å². The molecule has 0 aliphatic carbocycles. The molecule has 0 fully saturated rings. The fourth-order valence-corrected chi connectivity index (χ4v) is 1.65. The first-order valence-electron chi connectivity index (χ1n) is 5.63. The van der Waals surface area contributed by atoms with Crippen molar-refractivity contribution in [2.45, 2.75) is 19.9 Å². The molecule has 2 aromatic rings. The van der Waals surface area contributed by atoms with Gasteiger partial charge in [-0.25, -0.2) is 0 Å². The van der Waals surface area contributed by atoms with Crippen molar-refractivity contribution in [3.63, 3.8) is 0 Å². The minimum Gasteiger partial charge on any atom is -0.464 e. The van der Waals surface area contributed by atoms with Gasteiger partial charge in [0.05, 0.1) is 12.2 Å². The van der Waals surface area contributed by atoms with E-state index in [1.165, 1.54) is 10.9 Å². The number of hydrogen-bond acceptors (Lipinski definition) is 4. The molecule has 6 heteroatoms. The van der Waals surface area contributed by atoms with E-state index in [-0.39, 0.29) is 11.9 Å². The van der Waals surface area contributed by atoms with Crippen molar-refractivity contribution < 1.29 is 9.21 Å². The highest BCUT2D eigenvalue weighted by molar-refractivity contribution is 5.98. The highest BCUT2D eigenvalue weighted by Gasteiger charge is 2.18. The summed E-state index contributed by atoms with van der Waals surface area (Å²) in [6.07, 6.45) is 1.45. The Morgan fingerprint density at radius 1 is 1.56 bits per heavy atom. The smallest absolute Gasteiger partial charge is 0.257 e. The highest BCUT2D eigenvalue weighted by atomic mass is 16.3. The second kappa shape index (κ2) is 4.56. The first-order chi connectivity index (χ1) is 8.49. The molecule has 1 atom stereocenters. The molecule has 0 aliphatic rings. The summed E-state index contributed by atoms with van der Waals surface area (Å²) < 4.78 is 6.91. The molecule has 2 heterocycles. The van der Waals surface area contributed by atoms with Crippen molar-refractivity contribution in [3.05, 3.63) is 35.4 Å². The second-order valence-electron chi connectivity index (χ2n) is 4.21. The van der Waals surface area contributed by atoms with E-state index in [0.717, 1.165) is 5.76 Å². The first-order valence-corrected chi connectivity index (χ1v) is 5.63. The Kier molecular flexibility index (Phi) is 3.10. The summed E-state index contributed by atoms with van der Waals surface area (Å²) in [7, 11) is 1.69. The Morgan fingerprint density at radius 3 is 2.78 bits per heavy atom. The molecule has 0 aliphatic heterocycles. The van der Waals surface area contributed by atoms with Crippen molar-refractivity contribution in [1.82, 2.24) is 15.1 Å². The zero-order valence-corrected chi connectivity index (χ0v) is 10.6. The van der Waals surface area contributed by atoms with Gasteiger partial charge in [-0.05, 0) is 26.0 Å². The monoisotopic (exact) mass is 248 g/mol. The maximum atomic E-state index is 12.0. The van der Waals surface area contributed by atoms with Crippen molar-refractivity contribution in [2.24, 2.45) is 7.05 Å². The predicted molar refractivity (Wildman–Crippen MR) is 66.9 cm³/mol. The van der Waals surface area contributed by atoms with Gasteiger partial charge in [0.2, 0.25) is 0 Å². The van der Waals surface area contributed by atoms with Crippen molar-refractivity contribution in [1.29, 1.82) is 0 Å². The van der Waals surface area contributed by atoms with E-state index < -0.39 is 0 Å². The van der Waals surface area contributed by atoms with Crippen LogP contribution >= 0.6 is 0 Å². The number of nitrogens with two attached hydrogens (primary N) is 1. The Labute approximate surface area is 105 Å². The third-order valence-corrected chi connectivity index (χ3v) is 2.76. The summed E-state index contributed by atoms with van der Waals surface area (Å²) in [5.41, 5.74) is 6.11. The fourth-order valence-electron chi connectivity index (χ4n) is 1.65. The lowest BCUT2D eigenvalue weighted by Crippen LogP contribution is -2.26. The largest absolute Gasteiger partial charge is 0.464 e. The zero-order valence-electron chi connectivity index (χ0n) is 10.6. The Balaban J connectivity index is 2.10. The lowest BCUT2D eigenvalue weighted by molar-refractivity contribution is 0.0936. The number of aromatic nitrogens is 2. The summed E-state index contributed by atoms with van der Waals surface area (Å²) in [4.78, 5) is 12.0. The Hall–Kier alpha value is -2.24. The Bertz CT molecular complexity index is 570. The van der Waals surface area contributed by atoms with E-state index in [9.17, 15) is 4.79 Å². The van der Waals surface area contributed by atoms with E-state index in [2.05, 4.69) is 10.4 Å². The number of amides is 1. The van der Waals surface area contributed by atoms with Crippen LogP contribution in [0.1, 0.15) is 34.8 Å². The summed E-state index contributed by atoms with van der Waals surface area (Å²) in [5, 5.41) is 6.74. The van der Waals surface area contributed by atoms with Crippen molar-refractivity contribution in [2.75, 3.05) is 5.73 Å². The third kappa shape index (κ3) is 2.22. The number of nitrogens with zero attached hydrogens (tertiary/aromatic N) is 2. The molecule has 6 nitrogen and oxygen atoms in total. The minimum absolute atomic E-state index is 0.217. The van der Waals surface area contributed by atoms with Crippen molar-refractivity contribution in [3.8, 4) is 0 Å². The number of hydrogen-bond donors (Lipinski definition) is 2. The molecule has 2 rings (SSSR count). The number of rotatable bonds is 3. The summed E-state index contributed by atoms with van der Waals surface area (Å²) in [6.45, 7) is 3.71. The van der Waals surface area contributed by atoms with Gasteiger partial charge in [-0.2, -0.15) is 5.10 Å². The van der Waals surface area contributed by atoms with Gasteiger partial charge in [-0.1, -0.05) is 0 Å². The molecule has 0 aromatic carbocycles. The number of nitrogens with one attached hydrogen (secondary N) is 1. The van der Waals surface area contributed by atoms with Gasteiger partial charge >= 0.3 is 0 Å². The quantitative estimate of drug-likeness (QED) is 0.859. The molecule has 96 valence electrons. The summed E-state index contributed by atoms with van der Waals surface area (Å²) in [5.74, 6) is 1.60. The van der Waals surface area contributed by atoms with Crippen molar-refractivity contribution >= 4 is 11.7 Å². The van der Waals surface area contributed by atoms with Gasteiger partial charge in [0.15, 0.2) is 0 Å². The molecule has 0 saturated heterocycles. The predicted octanol–water partition coefficient (Wildman–Crippen LogP) is 1.39.